The van der Waals surface area contributed by atoms with Crippen molar-refractivity contribution < 1.29 is 9.53 Å². The number of fused-ring (bicyclic) bond motifs is 1. The number of hydrogen-bond acceptors (Lipinski definition) is 5. The van der Waals surface area contributed by atoms with Gasteiger partial charge in [0, 0.05) is 13.1 Å². The number of aryl methyl sites for hydroxylation is 2. The number of likely N-dealkylation sites (N-methyl/N-ethyl adjacent to an activating group) is 1. The van der Waals surface area contributed by atoms with Crippen molar-refractivity contribution >= 4 is 32.6 Å². The van der Waals surface area contributed by atoms with Crippen molar-refractivity contribution in [2.24, 2.45) is 0 Å². The van der Waals surface area contributed by atoms with Crippen molar-refractivity contribution in [1.29, 1.82) is 0 Å². The zero-order chi connectivity index (χ0) is 22.4. The predicted molar refractivity (Wildman–Crippen MR) is 131 cm³/mol. The minimum absolute atomic E-state index is 0.0879. The van der Waals surface area contributed by atoms with E-state index in [0.29, 0.717) is 19.6 Å². The zero-order valence-corrected chi connectivity index (χ0v) is 20.1. The Hall–Kier alpha value is -2.44. The molecule has 1 aromatic heterocycles. The third-order valence-corrected chi connectivity index (χ3v) is 6.61. The SMILES string of the molecule is CCOc1ccc2nc(N(CCN(CC)CC)C(=O)Cc3cc(C)ccc3C)sc2c1. The molecule has 166 valence electrons. The van der Waals surface area contributed by atoms with Crippen LogP contribution in [0.15, 0.2) is 36.4 Å². The molecule has 0 aliphatic carbocycles. The number of aromatic nitrogens is 1. The number of carbonyl (C=O) groups excluding carboxylic acids is 1. The number of anilines is 1. The average molecular weight is 440 g/mol. The Labute approximate surface area is 189 Å². The lowest BCUT2D eigenvalue weighted by atomic mass is 10.0. The first kappa shape index (κ1) is 23.2. The maximum absolute atomic E-state index is 13.5. The summed E-state index contributed by atoms with van der Waals surface area (Å²) in [5, 5.41) is 0.756. The highest BCUT2D eigenvalue weighted by Gasteiger charge is 2.21. The molecule has 31 heavy (non-hydrogen) atoms. The molecule has 0 saturated heterocycles. The van der Waals surface area contributed by atoms with Crippen LogP contribution in [0.1, 0.15) is 37.5 Å². The Morgan fingerprint density at radius 3 is 2.52 bits per heavy atom. The van der Waals surface area contributed by atoms with Gasteiger partial charge < -0.3 is 9.64 Å². The van der Waals surface area contributed by atoms with E-state index in [1.807, 2.05) is 30.0 Å². The number of carbonyl (C=O) groups is 1. The fourth-order valence-corrected chi connectivity index (χ4v) is 4.66. The molecule has 0 bridgehead atoms. The van der Waals surface area contributed by atoms with Gasteiger partial charge >= 0.3 is 0 Å². The zero-order valence-electron chi connectivity index (χ0n) is 19.3. The van der Waals surface area contributed by atoms with Gasteiger partial charge in [0.25, 0.3) is 0 Å². The molecule has 0 spiro atoms. The van der Waals surface area contributed by atoms with Crippen molar-refractivity contribution in [3.8, 4) is 5.75 Å². The molecule has 2 aromatic carbocycles. The standard InChI is InChI=1S/C25H33N3O2S/c1-6-27(7-2)13-14-28(24(29)16-20-15-18(4)9-10-19(20)5)25-26-22-12-11-21(30-8-3)17-23(22)31-25/h9-12,15,17H,6-8,13-14,16H2,1-5H3. The number of amides is 1. The van der Waals surface area contributed by atoms with E-state index in [4.69, 9.17) is 9.72 Å². The lowest BCUT2D eigenvalue weighted by molar-refractivity contribution is -0.118. The molecular formula is C25H33N3O2S. The van der Waals surface area contributed by atoms with E-state index in [1.165, 1.54) is 5.56 Å². The van der Waals surface area contributed by atoms with Crippen molar-refractivity contribution in [1.82, 2.24) is 9.88 Å². The first-order valence-corrected chi connectivity index (χ1v) is 11.9. The van der Waals surface area contributed by atoms with E-state index in [0.717, 1.165) is 51.9 Å². The summed E-state index contributed by atoms with van der Waals surface area (Å²) < 4.78 is 6.67. The molecule has 6 heteroatoms. The number of rotatable bonds is 10. The summed E-state index contributed by atoms with van der Waals surface area (Å²) in [6.45, 7) is 14.4. The maximum atomic E-state index is 13.5. The van der Waals surface area contributed by atoms with Crippen LogP contribution in [0.25, 0.3) is 10.2 Å². The predicted octanol–water partition coefficient (Wildman–Crippen LogP) is 5.23. The van der Waals surface area contributed by atoms with Crippen molar-refractivity contribution in [2.45, 2.75) is 41.0 Å². The van der Waals surface area contributed by atoms with Gasteiger partial charge in [-0.15, -0.1) is 0 Å². The second-order valence-electron chi connectivity index (χ2n) is 7.74. The molecule has 0 atom stereocenters. The van der Waals surface area contributed by atoms with E-state index in [-0.39, 0.29) is 5.91 Å². The second kappa shape index (κ2) is 10.7. The van der Waals surface area contributed by atoms with Crippen LogP contribution in [-0.2, 0) is 11.2 Å². The highest BCUT2D eigenvalue weighted by Crippen LogP contribution is 2.32. The van der Waals surface area contributed by atoms with Gasteiger partial charge in [-0.2, -0.15) is 0 Å². The smallest absolute Gasteiger partial charge is 0.233 e. The topological polar surface area (TPSA) is 45.7 Å². The average Bonchev–Trinajstić information content (AvgIpc) is 3.17. The summed E-state index contributed by atoms with van der Waals surface area (Å²) in [6, 6.07) is 12.2. The summed E-state index contributed by atoms with van der Waals surface area (Å²) in [5.74, 6) is 0.923. The number of nitrogens with zero attached hydrogens (tertiary/aromatic N) is 3. The molecule has 0 saturated carbocycles. The fraction of sp³-hybridized carbons (Fsp3) is 0.440. The van der Waals surface area contributed by atoms with Gasteiger partial charge in [-0.05, 0) is 63.2 Å². The van der Waals surface area contributed by atoms with E-state index < -0.39 is 0 Å². The van der Waals surface area contributed by atoms with E-state index >= 15 is 0 Å². The fourth-order valence-electron chi connectivity index (χ4n) is 3.62. The molecule has 5 nitrogen and oxygen atoms in total. The molecule has 0 N–H and O–H groups in total. The van der Waals surface area contributed by atoms with Crippen LogP contribution in [-0.4, -0.2) is 48.6 Å². The Morgan fingerprint density at radius 1 is 1.03 bits per heavy atom. The lowest BCUT2D eigenvalue weighted by Crippen LogP contribution is -2.39. The molecule has 0 aliphatic heterocycles. The molecule has 0 aliphatic rings. The quantitative estimate of drug-likeness (QED) is 0.434. The first-order chi connectivity index (χ1) is 14.9. The minimum atomic E-state index is 0.0879. The van der Waals surface area contributed by atoms with E-state index in [9.17, 15) is 4.79 Å². The van der Waals surface area contributed by atoms with Crippen molar-refractivity contribution in [3.63, 3.8) is 0 Å². The van der Waals surface area contributed by atoms with Gasteiger partial charge in [0.2, 0.25) is 5.91 Å². The van der Waals surface area contributed by atoms with Crippen LogP contribution >= 0.6 is 11.3 Å². The lowest BCUT2D eigenvalue weighted by Gasteiger charge is -2.25. The van der Waals surface area contributed by atoms with Crippen molar-refractivity contribution in [3.05, 3.63) is 53.1 Å². The number of hydrogen-bond donors (Lipinski definition) is 0. The van der Waals surface area contributed by atoms with Gasteiger partial charge in [0.1, 0.15) is 5.75 Å². The summed E-state index contributed by atoms with van der Waals surface area (Å²) in [5.41, 5.74) is 4.30. The molecular weight excluding hydrogens is 406 g/mol. The Morgan fingerprint density at radius 2 is 1.81 bits per heavy atom. The first-order valence-electron chi connectivity index (χ1n) is 11.1. The van der Waals surface area contributed by atoms with Crippen LogP contribution in [0, 0.1) is 13.8 Å². The largest absolute Gasteiger partial charge is 0.494 e. The number of thiazole rings is 1. The maximum Gasteiger partial charge on any atom is 0.233 e. The van der Waals surface area contributed by atoms with Gasteiger partial charge in [0.15, 0.2) is 5.13 Å². The molecule has 3 rings (SSSR count). The Bertz CT molecular complexity index is 1030. The van der Waals surface area contributed by atoms with Crippen LogP contribution in [0.4, 0.5) is 5.13 Å². The molecule has 3 aromatic rings. The summed E-state index contributed by atoms with van der Waals surface area (Å²) in [7, 11) is 0. The molecule has 0 unspecified atom stereocenters. The highest BCUT2D eigenvalue weighted by atomic mass is 32.1. The van der Waals surface area contributed by atoms with E-state index in [1.54, 1.807) is 11.3 Å². The van der Waals surface area contributed by atoms with Crippen LogP contribution in [0.2, 0.25) is 0 Å². The van der Waals surface area contributed by atoms with Crippen LogP contribution in [0.3, 0.4) is 0 Å². The van der Waals surface area contributed by atoms with E-state index in [2.05, 4.69) is 50.8 Å². The van der Waals surface area contributed by atoms with Gasteiger partial charge in [-0.3, -0.25) is 9.69 Å². The van der Waals surface area contributed by atoms with Gasteiger partial charge in [-0.25, -0.2) is 4.98 Å². The number of benzene rings is 2. The summed E-state index contributed by atoms with van der Waals surface area (Å²) >= 11 is 1.55. The van der Waals surface area contributed by atoms with Crippen LogP contribution in [0.5, 0.6) is 5.75 Å². The minimum Gasteiger partial charge on any atom is -0.494 e. The monoisotopic (exact) mass is 439 g/mol. The molecule has 1 heterocycles. The third-order valence-electron chi connectivity index (χ3n) is 5.57. The summed E-state index contributed by atoms with van der Waals surface area (Å²) in [6.07, 6.45) is 0.381. The summed E-state index contributed by atoms with van der Waals surface area (Å²) in [4.78, 5) is 22.5. The van der Waals surface area contributed by atoms with Gasteiger partial charge in [0.05, 0.1) is 23.2 Å². The second-order valence-corrected chi connectivity index (χ2v) is 8.75. The highest BCUT2D eigenvalue weighted by molar-refractivity contribution is 7.22. The molecule has 0 radical (unpaired) electrons. The number of ether oxygens (including phenoxy) is 1. The molecule has 0 fully saturated rings. The Balaban J connectivity index is 1.90. The van der Waals surface area contributed by atoms with Crippen molar-refractivity contribution in [2.75, 3.05) is 37.7 Å². The van der Waals surface area contributed by atoms with Crippen LogP contribution < -0.4 is 9.64 Å². The Kier molecular flexibility index (Phi) is 8.04. The van der Waals surface area contributed by atoms with Gasteiger partial charge in [-0.1, -0.05) is 48.9 Å². The molecule has 1 amide bonds. The third kappa shape index (κ3) is 5.83. The normalized spacial score (nSPS) is 11.3.